The minimum absolute atomic E-state index is 0.534. The van der Waals surface area contributed by atoms with Crippen molar-refractivity contribution in [3.8, 4) is 0 Å². The van der Waals surface area contributed by atoms with Crippen LogP contribution in [-0.2, 0) is 6.54 Å². The maximum absolute atomic E-state index is 4.27. The number of rotatable bonds is 3. The molecule has 1 saturated heterocycles. The van der Waals surface area contributed by atoms with E-state index in [0.717, 1.165) is 25.5 Å². The third-order valence-corrected chi connectivity index (χ3v) is 3.06. The molecule has 4 heteroatoms. The molecule has 0 radical (unpaired) electrons. The van der Waals surface area contributed by atoms with E-state index in [2.05, 4.69) is 40.9 Å². The van der Waals surface area contributed by atoms with Crippen molar-refractivity contribution in [1.29, 1.82) is 0 Å². The molecule has 0 spiro atoms. The van der Waals surface area contributed by atoms with Crippen molar-refractivity contribution in [2.75, 3.05) is 13.1 Å². The summed E-state index contributed by atoms with van der Waals surface area (Å²) in [6.45, 7) is 9.88. The summed E-state index contributed by atoms with van der Waals surface area (Å²) in [6, 6.07) is 0. The largest absolute Gasteiger partial charge is 0.317 e. The SMILES string of the molecule is CC(C)Cn1cnnc1[C@@H]1CNC[C@H]1C. The van der Waals surface area contributed by atoms with Crippen LogP contribution in [0.15, 0.2) is 6.33 Å². The highest BCUT2D eigenvalue weighted by atomic mass is 15.3. The van der Waals surface area contributed by atoms with Crippen molar-refractivity contribution in [2.24, 2.45) is 11.8 Å². The summed E-state index contributed by atoms with van der Waals surface area (Å²) in [6.07, 6.45) is 1.86. The normalized spacial score (nSPS) is 26.4. The van der Waals surface area contributed by atoms with Gasteiger partial charge >= 0.3 is 0 Å². The van der Waals surface area contributed by atoms with Crippen LogP contribution in [-0.4, -0.2) is 27.9 Å². The van der Waals surface area contributed by atoms with Gasteiger partial charge in [0.2, 0.25) is 0 Å². The third-order valence-electron chi connectivity index (χ3n) is 3.06. The van der Waals surface area contributed by atoms with E-state index in [1.165, 1.54) is 0 Å². The second-order valence-electron chi connectivity index (χ2n) is 4.98. The summed E-state index contributed by atoms with van der Waals surface area (Å²) < 4.78 is 2.21. The van der Waals surface area contributed by atoms with Crippen LogP contribution < -0.4 is 5.32 Å². The Morgan fingerprint density at radius 3 is 2.93 bits per heavy atom. The van der Waals surface area contributed by atoms with Gasteiger partial charge in [-0.05, 0) is 18.4 Å². The lowest BCUT2D eigenvalue weighted by atomic mass is 9.97. The first-order valence-corrected chi connectivity index (χ1v) is 5.77. The quantitative estimate of drug-likeness (QED) is 0.813. The molecule has 0 bridgehead atoms. The molecule has 2 rings (SSSR count). The molecule has 0 unspecified atom stereocenters. The van der Waals surface area contributed by atoms with Gasteiger partial charge in [-0.15, -0.1) is 10.2 Å². The highest BCUT2D eigenvalue weighted by molar-refractivity contribution is 5.03. The van der Waals surface area contributed by atoms with E-state index < -0.39 is 0 Å². The van der Waals surface area contributed by atoms with Gasteiger partial charge in [0.05, 0.1) is 0 Å². The zero-order valence-electron chi connectivity index (χ0n) is 9.77. The van der Waals surface area contributed by atoms with Crippen molar-refractivity contribution in [3.05, 3.63) is 12.2 Å². The van der Waals surface area contributed by atoms with Gasteiger partial charge in [-0.2, -0.15) is 0 Å². The fourth-order valence-electron chi connectivity index (χ4n) is 2.24. The molecule has 15 heavy (non-hydrogen) atoms. The highest BCUT2D eigenvalue weighted by Gasteiger charge is 2.28. The van der Waals surface area contributed by atoms with Crippen LogP contribution in [0.2, 0.25) is 0 Å². The molecule has 0 saturated carbocycles. The first-order valence-electron chi connectivity index (χ1n) is 5.77. The fourth-order valence-corrected chi connectivity index (χ4v) is 2.24. The lowest BCUT2D eigenvalue weighted by Crippen LogP contribution is -2.16. The number of nitrogens with zero attached hydrogens (tertiary/aromatic N) is 3. The second-order valence-corrected chi connectivity index (χ2v) is 4.98. The van der Waals surface area contributed by atoms with Crippen molar-refractivity contribution >= 4 is 0 Å². The van der Waals surface area contributed by atoms with Crippen LogP contribution in [0.3, 0.4) is 0 Å². The van der Waals surface area contributed by atoms with Crippen molar-refractivity contribution < 1.29 is 0 Å². The summed E-state index contributed by atoms with van der Waals surface area (Å²) in [5.41, 5.74) is 0. The first kappa shape index (κ1) is 10.6. The van der Waals surface area contributed by atoms with Crippen LogP contribution in [0.4, 0.5) is 0 Å². The highest BCUT2D eigenvalue weighted by Crippen LogP contribution is 2.26. The van der Waals surface area contributed by atoms with E-state index in [1.807, 2.05) is 6.33 Å². The van der Waals surface area contributed by atoms with E-state index >= 15 is 0 Å². The van der Waals surface area contributed by atoms with Gasteiger partial charge in [0.15, 0.2) is 0 Å². The molecule has 0 amide bonds. The molecule has 1 aliphatic heterocycles. The molecule has 0 aromatic carbocycles. The van der Waals surface area contributed by atoms with Crippen LogP contribution in [0, 0.1) is 11.8 Å². The van der Waals surface area contributed by atoms with Crippen LogP contribution in [0.5, 0.6) is 0 Å². The number of hydrogen-bond acceptors (Lipinski definition) is 3. The average Bonchev–Trinajstić information content (AvgIpc) is 2.73. The van der Waals surface area contributed by atoms with Gasteiger partial charge in [0, 0.05) is 19.0 Å². The molecule has 1 N–H and O–H groups in total. The summed E-state index contributed by atoms with van der Waals surface area (Å²) in [7, 11) is 0. The van der Waals surface area contributed by atoms with Crippen LogP contribution >= 0.6 is 0 Å². The van der Waals surface area contributed by atoms with E-state index in [4.69, 9.17) is 0 Å². The van der Waals surface area contributed by atoms with Gasteiger partial charge in [-0.1, -0.05) is 20.8 Å². The summed E-state index contributed by atoms with van der Waals surface area (Å²) in [5.74, 6) is 3.00. The van der Waals surface area contributed by atoms with Crippen LogP contribution in [0.25, 0.3) is 0 Å². The maximum Gasteiger partial charge on any atom is 0.137 e. The molecule has 4 nitrogen and oxygen atoms in total. The Labute approximate surface area is 91.1 Å². The Balaban J connectivity index is 2.16. The van der Waals surface area contributed by atoms with Gasteiger partial charge in [0.1, 0.15) is 12.2 Å². The van der Waals surface area contributed by atoms with Gasteiger partial charge in [0.25, 0.3) is 0 Å². The van der Waals surface area contributed by atoms with Crippen molar-refractivity contribution in [2.45, 2.75) is 33.2 Å². The number of hydrogen-bond donors (Lipinski definition) is 1. The fraction of sp³-hybridized carbons (Fsp3) is 0.818. The molecule has 0 aliphatic carbocycles. The molecule has 2 atom stereocenters. The molecule has 1 aliphatic rings. The summed E-state index contributed by atoms with van der Waals surface area (Å²) in [5, 5.41) is 11.7. The Morgan fingerprint density at radius 2 is 2.33 bits per heavy atom. The second kappa shape index (κ2) is 4.31. The Hall–Kier alpha value is -0.900. The van der Waals surface area contributed by atoms with E-state index in [-0.39, 0.29) is 0 Å². The molecule has 1 aromatic rings. The predicted molar refractivity (Wildman–Crippen MR) is 59.6 cm³/mol. The van der Waals surface area contributed by atoms with E-state index in [0.29, 0.717) is 17.8 Å². The Kier molecular flexibility index (Phi) is 3.05. The lowest BCUT2D eigenvalue weighted by molar-refractivity contribution is 0.464. The monoisotopic (exact) mass is 208 g/mol. The standard InChI is InChI=1S/C11H20N4/c1-8(2)6-15-7-13-14-11(15)10-5-12-4-9(10)3/h7-10,12H,4-6H2,1-3H3/t9-,10-/m1/s1. The number of aromatic nitrogens is 3. The first-order chi connectivity index (χ1) is 7.18. The Morgan fingerprint density at radius 1 is 1.53 bits per heavy atom. The molecular weight excluding hydrogens is 188 g/mol. The topological polar surface area (TPSA) is 42.7 Å². The zero-order chi connectivity index (χ0) is 10.8. The molecule has 1 aromatic heterocycles. The predicted octanol–water partition coefficient (Wildman–Crippen LogP) is 1.26. The van der Waals surface area contributed by atoms with Crippen molar-refractivity contribution in [1.82, 2.24) is 20.1 Å². The summed E-state index contributed by atoms with van der Waals surface area (Å²) in [4.78, 5) is 0. The molecule has 1 fully saturated rings. The summed E-state index contributed by atoms with van der Waals surface area (Å²) >= 11 is 0. The minimum atomic E-state index is 0.534. The smallest absolute Gasteiger partial charge is 0.137 e. The third kappa shape index (κ3) is 2.20. The lowest BCUT2D eigenvalue weighted by Gasteiger charge is -2.16. The minimum Gasteiger partial charge on any atom is -0.317 e. The van der Waals surface area contributed by atoms with Gasteiger partial charge in [-0.25, -0.2) is 0 Å². The van der Waals surface area contributed by atoms with E-state index in [9.17, 15) is 0 Å². The molecular formula is C11H20N4. The molecule has 84 valence electrons. The van der Waals surface area contributed by atoms with Crippen molar-refractivity contribution in [3.63, 3.8) is 0 Å². The zero-order valence-corrected chi connectivity index (χ0v) is 9.77. The van der Waals surface area contributed by atoms with Gasteiger partial charge in [-0.3, -0.25) is 0 Å². The number of nitrogens with one attached hydrogen (secondary N) is 1. The Bertz CT molecular complexity index is 318. The molecule has 2 heterocycles. The van der Waals surface area contributed by atoms with Gasteiger partial charge < -0.3 is 9.88 Å². The van der Waals surface area contributed by atoms with E-state index in [1.54, 1.807) is 0 Å². The maximum atomic E-state index is 4.27. The van der Waals surface area contributed by atoms with Crippen LogP contribution in [0.1, 0.15) is 32.5 Å². The average molecular weight is 208 g/mol.